The molecule has 2 heterocycles. The molecule has 2 aromatic heterocycles. The third-order valence-corrected chi connectivity index (χ3v) is 3.69. The molecule has 21 heavy (non-hydrogen) atoms. The van der Waals surface area contributed by atoms with E-state index in [4.69, 9.17) is 14.4 Å². The minimum Gasteiger partial charge on any atom is -0.485 e. The first-order chi connectivity index (χ1) is 10.2. The first kappa shape index (κ1) is 13.4. The summed E-state index contributed by atoms with van der Waals surface area (Å²) in [5.41, 5.74) is 1.71. The van der Waals surface area contributed by atoms with E-state index in [9.17, 15) is 4.79 Å². The van der Waals surface area contributed by atoms with Gasteiger partial charge in [0.1, 0.15) is 22.9 Å². The predicted octanol–water partition coefficient (Wildman–Crippen LogP) is 3.68. The lowest BCUT2D eigenvalue weighted by atomic mass is 10.1. The van der Waals surface area contributed by atoms with Crippen LogP contribution in [0.2, 0.25) is 0 Å². The molecule has 0 atom stereocenters. The van der Waals surface area contributed by atoms with Crippen LogP contribution < -0.4 is 4.74 Å². The van der Waals surface area contributed by atoms with E-state index in [0.717, 1.165) is 22.6 Å². The number of carboxylic acids is 1. The zero-order chi connectivity index (χ0) is 14.7. The number of carboxylic acid groups (broad SMARTS) is 1. The first-order valence-corrected chi connectivity index (χ1v) is 7.06. The molecule has 6 heteroatoms. The van der Waals surface area contributed by atoms with Crippen LogP contribution >= 0.6 is 11.3 Å². The highest BCUT2D eigenvalue weighted by Gasteiger charge is 2.10. The summed E-state index contributed by atoms with van der Waals surface area (Å²) in [6, 6.07) is 13.0. The summed E-state index contributed by atoms with van der Waals surface area (Å²) in [7, 11) is 0. The number of thiophene rings is 1. The summed E-state index contributed by atoms with van der Waals surface area (Å²) in [6.07, 6.45) is 0. The Morgan fingerprint density at radius 3 is 2.81 bits per heavy atom. The molecule has 0 saturated heterocycles. The van der Waals surface area contributed by atoms with Crippen molar-refractivity contribution >= 4 is 17.3 Å². The zero-order valence-corrected chi connectivity index (χ0v) is 11.7. The van der Waals surface area contributed by atoms with Crippen molar-refractivity contribution in [3.8, 4) is 17.0 Å². The third-order valence-electron chi connectivity index (χ3n) is 2.80. The zero-order valence-electron chi connectivity index (χ0n) is 10.9. The largest absolute Gasteiger partial charge is 0.485 e. The van der Waals surface area contributed by atoms with E-state index in [2.05, 4.69) is 5.16 Å². The van der Waals surface area contributed by atoms with Gasteiger partial charge in [0.15, 0.2) is 5.76 Å². The minimum absolute atomic E-state index is 0.204. The Morgan fingerprint density at radius 1 is 1.29 bits per heavy atom. The van der Waals surface area contributed by atoms with Crippen molar-refractivity contribution in [1.82, 2.24) is 5.16 Å². The van der Waals surface area contributed by atoms with Crippen LogP contribution in [0.4, 0.5) is 0 Å². The Bertz CT molecular complexity index is 748. The monoisotopic (exact) mass is 301 g/mol. The number of ether oxygens (including phenoxy) is 1. The van der Waals surface area contributed by atoms with Crippen LogP contribution in [0, 0.1) is 0 Å². The van der Waals surface area contributed by atoms with E-state index in [0.29, 0.717) is 11.5 Å². The molecule has 0 bridgehead atoms. The topological polar surface area (TPSA) is 72.6 Å². The fraction of sp³-hybridized carbons (Fsp3) is 0.0667. The maximum Gasteiger partial charge on any atom is 0.346 e. The molecule has 106 valence electrons. The van der Waals surface area contributed by atoms with Gasteiger partial charge in [0.05, 0.1) is 0 Å². The smallest absolute Gasteiger partial charge is 0.346 e. The van der Waals surface area contributed by atoms with Crippen molar-refractivity contribution in [3.63, 3.8) is 0 Å². The molecule has 3 aromatic rings. The molecule has 0 radical (unpaired) electrons. The van der Waals surface area contributed by atoms with Gasteiger partial charge >= 0.3 is 5.97 Å². The number of aromatic nitrogens is 1. The van der Waals surface area contributed by atoms with E-state index < -0.39 is 5.97 Å². The lowest BCUT2D eigenvalue weighted by Gasteiger charge is -1.98. The van der Waals surface area contributed by atoms with Crippen LogP contribution in [0.25, 0.3) is 11.3 Å². The molecule has 3 rings (SSSR count). The second kappa shape index (κ2) is 5.80. The molecule has 0 fully saturated rings. The number of carbonyl (C=O) groups is 1. The van der Waals surface area contributed by atoms with Crippen LogP contribution in [0.3, 0.4) is 0 Å². The van der Waals surface area contributed by atoms with Gasteiger partial charge in [0.2, 0.25) is 0 Å². The summed E-state index contributed by atoms with van der Waals surface area (Å²) in [5.74, 6) is 0.132. The van der Waals surface area contributed by atoms with Gasteiger partial charge in [-0.05, 0) is 0 Å². The van der Waals surface area contributed by atoms with Crippen LogP contribution in [-0.4, -0.2) is 16.2 Å². The fourth-order valence-corrected chi connectivity index (χ4v) is 2.45. The third kappa shape index (κ3) is 3.11. The molecular formula is C15H11NO4S. The van der Waals surface area contributed by atoms with Gasteiger partial charge in [0, 0.05) is 23.1 Å². The van der Waals surface area contributed by atoms with Crippen LogP contribution in [0.15, 0.2) is 52.4 Å². The lowest BCUT2D eigenvalue weighted by molar-refractivity contribution is 0.0702. The summed E-state index contributed by atoms with van der Waals surface area (Å²) < 4.78 is 10.7. The molecule has 0 unspecified atom stereocenters. The number of hydrogen-bond acceptors (Lipinski definition) is 5. The van der Waals surface area contributed by atoms with Gasteiger partial charge < -0.3 is 14.4 Å². The molecule has 0 amide bonds. The quantitative estimate of drug-likeness (QED) is 0.778. The Balaban J connectivity index is 1.66. The highest BCUT2D eigenvalue weighted by Crippen LogP contribution is 2.23. The molecule has 0 aliphatic carbocycles. The first-order valence-electron chi connectivity index (χ1n) is 6.18. The van der Waals surface area contributed by atoms with Crippen molar-refractivity contribution in [2.24, 2.45) is 0 Å². The molecule has 0 spiro atoms. The van der Waals surface area contributed by atoms with E-state index in [-0.39, 0.29) is 11.5 Å². The van der Waals surface area contributed by atoms with Gasteiger partial charge in [-0.15, -0.1) is 11.3 Å². The normalized spacial score (nSPS) is 10.5. The van der Waals surface area contributed by atoms with Crippen molar-refractivity contribution in [1.29, 1.82) is 0 Å². The molecule has 1 aromatic carbocycles. The average Bonchev–Trinajstić information content (AvgIpc) is 3.15. The SMILES string of the molecule is O=C(O)c1cc(OCc2cc(-c3ccccc3)no2)cs1. The standard InChI is InChI=1S/C15H11NO4S/c17-15(18)14-7-12(9-21-14)19-8-11-6-13(16-20-11)10-4-2-1-3-5-10/h1-7,9H,8H2,(H,17,18). The van der Waals surface area contributed by atoms with Gasteiger partial charge in [0.25, 0.3) is 0 Å². The predicted molar refractivity (Wildman–Crippen MR) is 77.5 cm³/mol. The number of benzene rings is 1. The highest BCUT2D eigenvalue weighted by atomic mass is 32.1. The summed E-state index contributed by atoms with van der Waals surface area (Å²) in [6.45, 7) is 0.204. The number of nitrogens with zero attached hydrogens (tertiary/aromatic N) is 1. The molecule has 0 saturated carbocycles. The molecule has 0 aliphatic rings. The molecule has 1 N–H and O–H groups in total. The highest BCUT2D eigenvalue weighted by molar-refractivity contribution is 7.12. The van der Waals surface area contributed by atoms with Crippen LogP contribution in [0.5, 0.6) is 5.75 Å². The maximum atomic E-state index is 10.8. The Hall–Kier alpha value is -2.60. The molecular weight excluding hydrogens is 290 g/mol. The Morgan fingerprint density at radius 2 is 2.10 bits per heavy atom. The van der Waals surface area contributed by atoms with E-state index >= 15 is 0 Å². The van der Waals surface area contributed by atoms with Crippen molar-refractivity contribution in [2.45, 2.75) is 6.61 Å². The molecule has 5 nitrogen and oxygen atoms in total. The molecule has 0 aliphatic heterocycles. The van der Waals surface area contributed by atoms with Crippen molar-refractivity contribution in [3.05, 3.63) is 58.5 Å². The van der Waals surface area contributed by atoms with Gasteiger partial charge in [-0.25, -0.2) is 4.79 Å². The fourth-order valence-electron chi connectivity index (χ4n) is 1.79. The Labute approximate surface area is 124 Å². The number of aromatic carboxylic acids is 1. The van der Waals surface area contributed by atoms with Gasteiger partial charge in [-0.2, -0.15) is 0 Å². The lowest BCUT2D eigenvalue weighted by Crippen LogP contribution is -1.93. The summed E-state index contributed by atoms with van der Waals surface area (Å²) in [5, 5.41) is 14.5. The minimum atomic E-state index is -0.958. The van der Waals surface area contributed by atoms with Crippen molar-refractivity contribution < 1.29 is 19.2 Å². The summed E-state index contributed by atoms with van der Waals surface area (Å²) >= 11 is 1.12. The number of hydrogen-bond donors (Lipinski definition) is 1. The number of rotatable bonds is 5. The van der Waals surface area contributed by atoms with E-state index in [1.807, 2.05) is 30.3 Å². The Kier molecular flexibility index (Phi) is 3.70. The van der Waals surface area contributed by atoms with E-state index in [1.54, 1.807) is 11.4 Å². The van der Waals surface area contributed by atoms with Gasteiger partial charge in [-0.1, -0.05) is 35.5 Å². The summed E-state index contributed by atoms with van der Waals surface area (Å²) in [4.78, 5) is 11.0. The van der Waals surface area contributed by atoms with Crippen molar-refractivity contribution in [2.75, 3.05) is 0 Å². The van der Waals surface area contributed by atoms with Crippen LogP contribution in [0.1, 0.15) is 15.4 Å². The average molecular weight is 301 g/mol. The maximum absolute atomic E-state index is 10.8. The van der Waals surface area contributed by atoms with E-state index in [1.165, 1.54) is 6.07 Å². The second-order valence-electron chi connectivity index (χ2n) is 4.28. The van der Waals surface area contributed by atoms with Crippen LogP contribution in [-0.2, 0) is 6.61 Å². The second-order valence-corrected chi connectivity index (χ2v) is 5.20. The van der Waals surface area contributed by atoms with Gasteiger partial charge in [-0.3, -0.25) is 0 Å².